The molecule has 31 heavy (non-hydrogen) atoms. The maximum Gasteiger partial charge on any atom is 0.418 e. The van der Waals surface area contributed by atoms with Gasteiger partial charge in [-0.25, -0.2) is 18.6 Å². The molecule has 3 aromatic rings. The SMILES string of the molecule is O=C(Nc1cc(F)c(Oc2ccnc3[nH]cc(C(F)(F)F)c23)c(F)c1)N1CCCOC1. The number of carbonyl (C=O) groups is 1. The number of pyridine rings is 1. The van der Waals surface area contributed by atoms with E-state index in [2.05, 4.69) is 15.3 Å². The number of hydrogen-bond acceptors (Lipinski definition) is 4. The van der Waals surface area contributed by atoms with Crippen LogP contribution in [-0.2, 0) is 10.9 Å². The molecule has 1 aliphatic heterocycles. The van der Waals surface area contributed by atoms with Gasteiger partial charge in [0.15, 0.2) is 17.4 Å². The molecule has 7 nitrogen and oxygen atoms in total. The topological polar surface area (TPSA) is 79.5 Å². The monoisotopic (exact) mass is 442 g/mol. The molecule has 4 rings (SSSR count). The van der Waals surface area contributed by atoms with E-state index in [9.17, 15) is 26.7 Å². The van der Waals surface area contributed by atoms with Crippen LogP contribution in [0.5, 0.6) is 11.5 Å². The number of H-pyrrole nitrogens is 1. The number of amides is 2. The van der Waals surface area contributed by atoms with Crippen molar-refractivity contribution in [2.24, 2.45) is 0 Å². The van der Waals surface area contributed by atoms with E-state index in [-0.39, 0.29) is 18.1 Å². The predicted octanol–water partition coefficient (Wildman–Crippen LogP) is 4.86. The highest BCUT2D eigenvalue weighted by atomic mass is 19.4. The summed E-state index contributed by atoms with van der Waals surface area (Å²) in [5, 5.41) is 1.88. The molecule has 12 heteroatoms. The Hall–Kier alpha value is -3.41. The van der Waals surface area contributed by atoms with Crippen molar-refractivity contribution in [3.05, 3.63) is 47.8 Å². The molecule has 0 aliphatic carbocycles. The lowest BCUT2D eigenvalue weighted by Crippen LogP contribution is -2.40. The molecule has 1 saturated heterocycles. The smallest absolute Gasteiger partial charge is 0.418 e. The lowest BCUT2D eigenvalue weighted by atomic mass is 10.2. The molecule has 2 N–H and O–H groups in total. The standard InChI is InChI=1S/C19H15F5N4O3/c20-12-6-10(27-18(29)28-4-1-5-30-9-28)7-13(21)16(12)31-14-2-3-25-17-15(14)11(8-26-17)19(22,23)24/h2-3,6-8H,1,4-5,9H2,(H,25,26)(H,27,29). The predicted molar refractivity (Wildman–Crippen MR) is 98.7 cm³/mol. The number of anilines is 1. The number of aromatic nitrogens is 2. The Morgan fingerprint density at radius 2 is 2.00 bits per heavy atom. The van der Waals surface area contributed by atoms with Crippen LogP contribution in [0.15, 0.2) is 30.6 Å². The maximum atomic E-state index is 14.5. The average Bonchev–Trinajstić information content (AvgIpc) is 3.17. The number of benzene rings is 1. The Morgan fingerprint density at radius 3 is 2.65 bits per heavy atom. The van der Waals surface area contributed by atoms with Crippen LogP contribution in [0.4, 0.5) is 32.4 Å². The van der Waals surface area contributed by atoms with E-state index < -0.39 is 46.3 Å². The molecule has 3 heterocycles. The molecule has 0 spiro atoms. The number of rotatable bonds is 3. The molecule has 2 aromatic heterocycles. The lowest BCUT2D eigenvalue weighted by Gasteiger charge is -2.26. The molecule has 164 valence electrons. The first-order valence-corrected chi connectivity index (χ1v) is 9.08. The van der Waals surface area contributed by atoms with Gasteiger partial charge in [-0.15, -0.1) is 0 Å². The number of alkyl halides is 3. The third-order valence-electron chi connectivity index (χ3n) is 4.55. The number of aromatic amines is 1. The highest BCUT2D eigenvalue weighted by Crippen LogP contribution is 2.40. The van der Waals surface area contributed by atoms with Crippen LogP contribution in [0, 0.1) is 11.6 Å². The van der Waals surface area contributed by atoms with Gasteiger partial charge in [0.05, 0.1) is 17.6 Å². The van der Waals surface area contributed by atoms with Crippen molar-refractivity contribution >= 4 is 22.8 Å². The number of carbonyl (C=O) groups excluding carboxylic acids is 1. The van der Waals surface area contributed by atoms with Gasteiger partial charge in [-0.3, -0.25) is 0 Å². The summed E-state index contributed by atoms with van der Waals surface area (Å²) < 4.78 is 79.2. The Labute approximate surface area is 171 Å². The summed E-state index contributed by atoms with van der Waals surface area (Å²) in [5.41, 5.74) is -1.42. The minimum Gasteiger partial charge on any atom is -0.450 e. The van der Waals surface area contributed by atoms with E-state index in [1.165, 1.54) is 4.90 Å². The van der Waals surface area contributed by atoms with Crippen LogP contribution in [0.25, 0.3) is 11.0 Å². The number of ether oxygens (including phenoxy) is 2. The highest BCUT2D eigenvalue weighted by molar-refractivity contribution is 5.89. The van der Waals surface area contributed by atoms with E-state index in [0.717, 1.165) is 24.4 Å². The zero-order valence-corrected chi connectivity index (χ0v) is 15.7. The molecule has 0 unspecified atom stereocenters. The molecule has 0 saturated carbocycles. The van der Waals surface area contributed by atoms with Crippen molar-refractivity contribution in [1.82, 2.24) is 14.9 Å². The zero-order chi connectivity index (χ0) is 22.2. The van der Waals surface area contributed by atoms with Gasteiger partial charge in [0.2, 0.25) is 0 Å². The summed E-state index contributed by atoms with van der Waals surface area (Å²) in [6, 6.07) is 2.07. The largest absolute Gasteiger partial charge is 0.450 e. The number of nitrogens with one attached hydrogen (secondary N) is 2. The van der Waals surface area contributed by atoms with Gasteiger partial charge in [-0.1, -0.05) is 0 Å². The number of halogens is 5. The van der Waals surface area contributed by atoms with Gasteiger partial charge in [0, 0.05) is 36.8 Å². The van der Waals surface area contributed by atoms with Gasteiger partial charge in [0.1, 0.15) is 18.1 Å². The second kappa shape index (κ2) is 8.02. The molecule has 0 atom stereocenters. The van der Waals surface area contributed by atoms with Crippen LogP contribution in [0.1, 0.15) is 12.0 Å². The molecular weight excluding hydrogens is 427 g/mol. The Bertz CT molecular complexity index is 1100. The third kappa shape index (κ3) is 4.24. The van der Waals surface area contributed by atoms with Crippen molar-refractivity contribution in [3.63, 3.8) is 0 Å². The summed E-state index contributed by atoms with van der Waals surface area (Å²) in [5.74, 6) is -3.77. The van der Waals surface area contributed by atoms with Gasteiger partial charge >= 0.3 is 12.2 Å². The molecule has 2 amide bonds. The van der Waals surface area contributed by atoms with Crippen molar-refractivity contribution < 1.29 is 36.2 Å². The third-order valence-corrected chi connectivity index (χ3v) is 4.55. The van der Waals surface area contributed by atoms with E-state index in [1.807, 2.05) is 0 Å². The molecule has 1 aliphatic rings. The fourth-order valence-electron chi connectivity index (χ4n) is 3.13. The zero-order valence-electron chi connectivity index (χ0n) is 15.7. The summed E-state index contributed by atoms with van der Waals surface area (Å²) in [4.78, 5) is 19.6. The molecule has 1 aromatic carbocycles. The summed E-state index contributed by atoms with van der Waals surface area (Å²) in [6.45, 7) is 0.987. The van der Waals surface area contributed by atoms with Crippen LogP contribution >= 0.6 is 0 Å². The lowest BCUT2D eigenvalue weighted by molar-refractivity contribution is -0.136. The molecule has 0 radical (unpaired) electrons. The van der Waals surface area contributed by atoms with Crippen LogP contribution in [-0.4, -0.2) is 40.8 Å². The number of fused-ring (bicyclic) bond motifs is 1. The van der Waals surface area contributed by atoms with E-state index in [1.54, 1.807) is 0 Å². The minimum atomic E-state index is -4.73. The second-order valence-corrected chi connectivity index (χ2v) is 6.69. The van der Waals surface area contributed by atoms with Gasteiger partial charge in [-0.05, 0) is 12.5 Å². The molecular formula is C19H15F5N4O3. The van der Waals surface area contributed by atoms with Crippen LogP contribution < -0.4 is 10.1 Å². The fourth-order valence-corrected chi connectivity index (χ4v) is 3.13. The summed E-state index contributed by atoms with van der Waals surface area (Å²) in [7, 11) is 0. The fraction of sp³-hybridized carbons (Fsp3) is 0.263. The van der Waals surface area contributed by atoms with Gasteiger partial charge < -0.3 is 24.7 Å². The minimum absolute atomic E-state index is 0.0498. The van der Waals surface area contributed by atoms with Crippen LogP contribution in [0.2, 0.25) is 0 Å². The summed E-state index contributed by atoms with van der Waals surface area (Å²) >= 11 is 0. The Morgan fingerprint density at radius 1 is 1.26 bits per heavy atom. The number of hydrogen-bond donors (Lipinski definition) is 2. The Kier molecular flexibility index (Phi) is 5.39. The first kappa shape index (κ1) is 20.8. The van der Waals surface area contributed by atoms with Crippen LogP contribution in [0.3, 0.4) is 0 Å². The van der Waals surface area contributed by atoms with Crippen molar-refractivity contribution in [3.8, 4) is 11.5 Å². The molecule has 1 fully saturated rings. The van der Waals surface area contributed by atoms with Gasteiger partial charge in [0.25, 0.3) is 0 Å². The average molecular weight is 442 g/mol. The molecule has 0 bridgehead atoms. The first-order valence-electron chi connectivity index (χ1n) is 9.08. The van der Waals surface area contributed by atoms with Crippen molar-refractivity contribution in [2.75, 3.05) is 25.2 Å². The second-order valence-electron chi connectivity index (χ2n) is 6.69. The maximum absolute atomic E-state index is 14.5. The van der Waals surface area contributed by atoms with Crippen molar-refractivity contribution in [2.45, 2.75) is 12.6 Å². The number of urea groups is 1. The Balaban J connectivity index is 1.61. The first-order chi connectivity index (χ1) is 14.7. The van der Waals surface area contributed by atoms with E-state index in [0.29, 0.717) is 25.8 Å². The van der Waals surface area contributed by atoms with Gasteiger partial charge in [-0.2, -0.15) is 13.2 Å². The highest BCUT2D eigenvalue weighted by Gasteiger charge is 2.35. The number of nitrogens with zero attached hydrogens (tertiary/aromatic N) is 2. The summed E-state index contributed by atoms with van der Waals surface area (Å²) in [6.07, 6.45) is -2.27. The quantitative estimate of drug-likeness (QED) is 0.568. The normalized spacial score (nSPS) is 14.7. The van der Waals surface area contributed by atoms with E-state index in [4.69, 9.17) is 9.47 Å². The van der Waals surface area contributed by atoms with Crippen molar-refractivity contribution in [1.29, 1.82) is 0 Å². The van der Waals surface area contributed by atoms with E-state index >= 15 is 0 Å².